The van der Waals surface area contributed by atoms with Gasteiger partial charge in [-0.1, -0.05) is 15.9 Å². The van der Waals surface area contributed by atoms with Crippen molar-refractivity contribution in [3.63, 3.8) is 0 Å². The molecular weight excluding hydrogens is 428 g/mol. The van der Waals surface area contributed by atoms with Gasteiger partial charge in [-0.15, -0.1) is 0 Å². The molecule has 0 radical (unpaired) electrons. The van der Waals surface area contributed by atoms with Gasteiger partial charge in [0.15, 0.2) is 17.6 Å². The lowest BCUT2D eigenvalue weighted by Crippen LogP contribution is -2.34. The Kier molecular flexibility index (Phi) is 5.49. The molecule has 26 heavy (non-hydrogen) atoms. The van der Waals surface area contributed by atoms with Gasteiger partial charge in [0, 0.05) is 4.47 Å². The fourth-order valence-corrected chi connectivity index (χ4v) is 3.48. The van der Waals surface area contributed by atoms with E-state index in [-0.39, 0.29) is 18.1 Å². The van der Waals surface area contributed by atoms with Crippen LogP contribution in [-0.4, -0.2) is 40.8 Å². The molecule has 0 saturated heterocycles. The average molecular weight is 443 g/mol. The van der Waals surface area contributed by atoms with Crippen molar-refractivity contribution >= 4 is 32.0 Å². The summed E-state index contributed by atoms with van der Waals surface area (Å²) in [6.45, 7) is -0.0965. The van der Waals surface area contributed by atoms with Crippen molar-refractivity contribution in [3.8, 4) is 11.5 Å². The van der Waals surface area contributed by atoms with Crippen LogP contribution in [0.15, 0.2) is 51.8 Å². The van der Waals surface area contributed by atoms with Crippen LogP contribution in [0.4, 0.5) is 0 Å². The maximum Gasteiger partial charge on any atom is 0.337 e. The molecule has 0 N–H and O–H groups in total. The largest absolute Gasteiger partial charge is 0.486 e. The standard InChI is InChI=1S/C17H15BrO7S/c1-22-17(19)11-2-7-15-16(8-11)25-13(9-23-15)10-24-26(20,21)14-5-3-12(18)4-6-14/h2-8,13H,9-10H2,1H3/t13-/m1/s1. The van der Waals surface area contributed by atoms with Gasteiger partial charge in [0.05, 0.1) is 17.6 Å². The first-order valence-corrected chi connectivity index (χ1v) is 9.76. The summed E-state index contributed by atoms with van der Waals surface area (Å²) in [5.74, 6) is 0.283. The maximum absolute atomic E-state index is 12.2. The monoisotopic (exact) mass is 442 g/mol. The molecule has 0 aromatic heterocycles. The summed E-state index contributed by atoms with van der Waals surface area (Å²) >= 11 is 3.25. The van der Waals surface area contributed by atoms with Gasteiger partial charge in [-0.2, -0.15) is 8.42 Å². The average Bonchev–Trinajstić information content (AvgIpc) is 2.65. The van der Waals surface area contributed by atoms with Crippen molar-refractivity contribution in [2.24, 2.45) is 0 Å². The van der Waals surface area contributed by atoms with Crippen LogP contribution in [0.1, 0.15) is 10.4 Å². The zero-order valence-electron chi connectivity index (χ0n) is 13.7. The van der Waals surface area contributed by atoms with Crippen LogP contribution in [-0.2, 0) is 19.0 Å². The normalized spacial score (nSPS) is 16.2. The highest BCUT2D eigenvalue weighted by atomic mass is 79.9. The molecule has 1 atom stereocenters. The lowest BCUT2D eigenvalue weighted by molar-refractivity contribution is 0.0539. The molecule has 9 heteroatoms. The predicted octanol–water partition coefficient (Wildman–Crippen LogP) is 2.78. The van der Waals surface area contributed by atoms with Crippen molar-refractivity contribution in [2.75, 3.05) is 20.3 Å². The first-order valence-electron chi connectivity index (χ1n) is 7.56. The number of benzene rings is 2. The third kappa shape index (κ3) is 4.17. The van der Waals surface area contributed by atoms with Crippen molar-refractivity contribution < 1.29 is 31.6 Å². The van der Waals surface area contributed by atoms with E-state index in [1.54, 1.807) is 24.3 Å². The molecule has 1 aliphatic heterocycles. The van der Waals surface area contributed by atoms with Crippen molar-refractivity contribution in [2.45, 2.75) is 11.0 Å². The number of halogens is 1. The van der Waals surface area contributed by atoms with Crippen LogP contribution in [0, 0.1) is 0 Å². The van der Waals surface area contributed by atoms with Crippen LogP contribution in [0.2, 0.25) is 0 Å². The Balaban J connectivity index is 1.67. The van der Waals surface area contributed by atoms with Crippen molar-refractivity contribution in [3.05, 3.63) is 52.5 Å². The van der Waals surface area contributed by atoms with Gasteiger partial charge < -0.3 is 14.2 Å². The minimum absolute atomic E-state index is 0.0470. The number of carbonyl (C=O) groups is 1. The number of carbonyl (C=O) groups excluding carboxylic acids is 1. The highest BCUT2D eigenvalue weighted by Crippen LogP contribution is 2.33. The van der Waals surface area contributed by atoms with Crippen LogP contribution in [0.25, 0.3) is 0 Å². The first-order chi connectivity index (χ1) is 12.4. The van der Waals surface area contributed by atoms with Crippen molar-refractivity contribution in [1.82, 2.24) is 0 Å². The molecule has 0 bridgehead atoms. The summed E-state index contributed by atoms with van der Waals surface area (Å²) in [6.07, 6.45) is -0.638. The van der Waals surface area contributed by atoms with E-state index in [0.717, 1.165) is 4.47 Å². The number of esters is 1. The van der Waals surface area contributed by atoms with Crippen molar-refractivity contribution in [1.29, 1.82) is 0 Å². The van der Waals surface area contributed by atoms with Gasteiger partial charge in [0.25, 0.3) is 10.1 Å². The van der Waals surface area contributed by atoms with E-state index in [2.05, 4.69) is 20.7 Å². The molecule has 2 aromatic carbocycles. The Morgan fingerprint density at radius 2 is 1.92 bits per heavy atom. The summed E-state index contributed by atoms with van der Waals surface area (Å²) in [7, 11) is -2.63. The predicted molar refractivity (Wildman–Crippen MR) is 95.0 cm³/mol. The molecule has 0 amide bonds. The Hall–Kier alpha value is -2.10. The third-order valence-electron chi connectivity index (χ3n) is 3.59. The smallest absolute Gasteiger partial charge is 0.337 e. The van der Waals surface area contributed by atoms with Gasteiger partial charge in [0.2, 0.25) is 0 Å². The molecule has 0 unspecified atom stereocenters. The van der Waals surface area contributed by atoms with E-state index >= 15 is 0 Å². The van der Waals surface area contributed by atoms with Gasteiger partial charge >= 0.3 is 5.97 Å². The fourth-order valence-electron chi connectivity index (χ4n) is 2.28. The Bertz CT molecular complexity index is 909. The lowest BCUT2D eigenvalue weighted by Gasteiger charge is -2.26. The second kappa shape index (κ2) is 7.65. The molecule has 0 spiro atoms. The van der Waals surface area contributed by atoms with Crippen LogP contribution in [0.5, 0.6) is 11.5 Å². The number of hydrogen-bond donors (Lipinski definition) is 0. The van der Waals surface area contributed by atoms with E-state index in [1.807, 2.05) is 0 Å². The number of ether oxygens (including phenoxy) is 3. The second-order valence-electron chi connectivity index (χ2n) is 5.40. The topological polar surface area (TPSA) is 88.1 Å². The Morgan fingerprint density at radius 3 is 2.62 bits per heavy atom. The summed E-state index contributed by atoms with van der Waals surface area (Å²) in [5.41, 5.74) is 0.305. The zero-order valence-corrected chi connectivity index (χ0v) is 16.1. The number of fused-ring (bicyclic) bond motifs is 1. The zero-order chi connectivity index (χ0) is 18.7. The summed E-state index contributed by atoms with van der Waals surface area (Å²) < 4.78 is 46.2. The van der Waals surface area contributed by atoms with Crippen LogP contribution in [0.3, 0.4) is 0 Å². The highest BCUT2D eigenvalue weighted by molar-refractivity contribution is 9.10. The summed E-state index contributed by atoms with van der Waals surface area (Å²) in [5, 5.41) is 0. The highest BCUT2D eigenvalue weighted by Gasteiger charge is 2.25. The molecule has 138 valence electrons. The van der Waals surface area contributed by atoms with Gasteiger partial charge in [-0.05, 0) is 42.5 Å². The molecule has 1 aliphatic rings. The molecule has 1 heterocycles. The molecule has 0 saturated carbocycles. The second-order valence-corrected chi connectivity index (χ2v) is 7.93. The number of rotatable bonds is 5. The fraction of sp³-hybridized carbons (Fsp3) is 0.235. The minimum atomic E-state index is -3.91. The Labute approximate surface area is 159 Å². The lowest BCUT2D eigenvalue weighted by atomic mass is 10.2. The molecular formula is C17H15BrO7S. The SMILES string of the molecule is COC(=O)c1ccc2c(c1)O[C@@H](COS(=O)(=O)c1ccc(Br)cc1)CO2. The summed E-state index contributed by atoms with van der Waals surface area (Å²) in [6, 6.07) is 10.7. The first kappa shape index (κ1) is 18.7. The van der Waals surface area contributed by atoms with E-state index in [0.29, 0.717) is 17.1 Å². The van der Waals surface area contributed by atoms with E-state index in [9.17, 15) is 13.2 Å². The Morgan fingerprint density at radius 1 is 1.19 bits per heavy atom. The van der Waals surface area contributed by atoms with Gasteiger partial charge in [-0.3, -0.25) is 4.18 Å². The third-order valence-corrected chi connectivity index (χ3v) is 5.42. The number of methoxy groups -OCH3 is 1. The van der Waals surface area contributed by atoms with Gasteiger partial charge in [-0.25, -0.2) is 4.79 Å². The molecule has 3 rings (SSSR count). The molecule has 0 fully saturated rings. The molecule has 7 nitrogen and oxygen atoms in total. The van der Waals surface area contributed by atoms with E-state index in [1.165, 1.54) is 25.3 Å². The summed E-state index contributed by atoms with van der Waals surface area (Å²) in [4.78, 5) is 11.6. The van der Waals surface area contributed by atoms with Gasteiger partial charge in [0.1, 0.15) is 13.2 Å². The van der Waals surface area contributed by atoms with E-state index in [4.69, 9.17) is 13.7 Å². The minimum Gasteiger partial charge on any atom is -0.486 e. The molecule has 0 aliphatic carbocycles. The number of hydrogen-bond acceptors (Lipinski definition) is 7. The maximum atomic E-state index is 12.2. The van der Waals surface area contributed by atoms with E-state index < -0.39 is 22.2 Å². The quantitative estimate of drug-likeness (QED) is 0.519. The van der Waals surface area contributed by atoms with Crippen LogP contribution >= 0.6 is 15.9 Å². The van der Waals surface area contributed by atoms with Crippen LogP contribution < -0.4 is 9.47 Å². The molecule has 2 aromatic rings.